The van der Waals surface area contributed by atoms with Gasteiger partial charge >= 0.3 is 0 Å². The topological polar surface area (TPSA) is 53.7 Å². The minimum Gasteiger partial charge on any atom is -0.493 e. The molecule has 1 fully saturated rings. The zero-order valence-electron chi connectivity index (χ0n) is 10.3. The van der Waals surface area contributed by atoms with Crippen LogP contribution in [0.5, 0.6) is 11.5 Å². The van der Waals surface area contributed by atoms with Crippen molar-refractivity contribution >= 4 is 0 Å². The largest absolute Gasteiger partial charge is 0.493 e. The molecule has 0 bridgehead atoms. The fourth-order valence-electron chi connectivity index (χ4n) is 2.18. The molecule has 0 saturated carbocycles. The van der Waals surface area contributed by atoms with Gasteiger partial charge in [-0.2, -0.15) is 0 Å². The van der Waals surface area contributed by atoms with E-state index in [1.807, 2.05) is 18.2 Å². The Morgan fingerprint density at radius 3 is 2.65 bits per heavy atom. The lowest BCUT2D eigenvalue weighted by Crippen LogP contribution is -2.34. The quantitative estimate of drug-likeness (QED) is 0.872. The van der Waals surface area contributed by atoms with Crippen LogP contribution >= 0.6 is 0 Å². The summed E-state index contributed by atoms with van der Waals surface area (Å²) in [7, 11) is 3.25. The normalized spacial score (nSPS) is 24.4. The van der Waals surface area contributed by atoms with Crippen LogP contribution in [-0.2, 0) is 4.74 Å². The third-order valence-electron chi connectivity index (χ3n) is 3.10. The molecule has 1 aromatic carbocycles. The second-order valence-corrected chi connectivity index (χ2v) is 4.21. The van der Waals surface area contributed by atoms with Gasteiger partial charge in [0, 0.05) is 12.6 Å². The Labute approximate surface area is 102 Å². The molecule has 1 aliphatic rings. The molecule has 0 aliphatic carbocycles. The molecule has 17 heavy (non-hydrogen) atoms. The first-order valence-corrected chi connectivity index (χ1v) is 5.85. The maximum absolute atomic E-state index is 6.08. The molecule has 0 amide bonds. The van der Waals surface area contributed by atoms with Gasteiger partial charge in [-0.25, -0.2) is 0 Å². The minimum absolute atomic E-state index is 0.0384. The van der Waals surface area contributed by atoms with Gasteiger partial charge in [0.15, 0.2) is 11.5 Å². The average molecular weight is 237 g/mol. The first kappa shape index (κ1) is 12.2. The predicted molar refractivity (Wildman–Crippen MR) is 65.4 cm³/mol. The molecule has 2 rings (SSSR count). The lowest BCUT2D eigenvalue weighted by Gasteiger charge is -2.29. The number of hydrogen-bond acceptors (Lipinski definition) is 4. The molecule has 2 unspecified atom stereocenters. The van der Waals surface area contributed by atoms with E-state index in [4.69, 9.17) is 19.9 Å². The van der Waals surface area contributed by atoms with Crippen molar-refractivity contribution in [2.45, 2.75) is 25.0 Å². The highest BCUT2D eigenvalue weighted by Gasteiger charge is 2.25. The number of methoxy groups -OCH3 is 2. The van der Waals surface area contributed by atoms with Crippen molar-refractivity contribution in [3.8, 4) is 11.5 Å². The Balaban J connectivity index is 2.25. The van der Waals surface area contributed by atoms with Crippen molar-refractivity contribution in [1.29, 1.82) is 0 Å². The zero-order chi connectivity index (χ0) is 12.3. The van der Waals surface area contributed by atoms with E-state index in [2.05, 4.69) is 0 Å². The number of ether oxygens (including phenoxy) is 3. The van der Waals surface area contributed by atoms with Crippen LogP contribution in [0.15, 0.2) is 18.2 Å². The van der Waals surface area contributed by atoms with E-state index >= 15 is 0 Å². The first-order chi connectivity index (χ1) is 8.26. The average Bonchev–Trinajstić information content (AvgIpc) is 2.38. The molecule has 4 heteroatoms. The maximum atomic E-state index is 6.08. The smallest absolute Gasteiger partial charge is 0.161 e. The van der Waals surface area contributed by atoms with E-state index in [1.165, 1.54) is 0 Å². The molecule has 0 radical (unpaired) electrons. The van der Waals surface area contributed by atoms with Gasteiger partial charge in [0.2, 0.25) is 0 Å². The van der Waals surface area contributed by atoms with Gasteiger partial charge in [-0.15, -0.1) is 0 Å². The molecule has 1 aliphatic heterocycles. The molecule has 2 atom stereocenters. The Hall–Kier alpha value is -1.26. The van der Waals surface area contributed by atoms with Crippen LogP contribution in [0.2, 0.25) is 0 Å². The molecule has 1 aromatic rings. The van der Waals surface area contributed by atoms with Crippen LogP contribution < -0.4 is 15.2 Å². The summed E-state index contributed by atoms with van der Waals surface area (Å²) in [6.45, 7) is 0.771. The second-order valence-electron chi connectivity index (χ2n) is 4.21. The lowest BCUT2D eigenvalue weighted by atomic mass is 9.96. The molecule has 0 aromatic heterocycles. The van der Waals surface area contributed by atoms with E-state index in [9.17, 15) is 0 Å². The van der Waals surface area contributed by atoms with Gasteiger partial charge in [0.1, 0.15) is 0 Å². The zero-order valence-corrected chi connectivity index (χ0v) is 10.3. The Bertz CT molecular complexity index is 381. The van der Waals surface area contributed by atoms with Crippen molar-refractivity contribution in [1.82, 2.24) is 0 Å². The molecule has 94 valence electrons. The fraction of sp³-hybridized carbons (Fsp3) is 0.538. The SMILES string of the molecule is COc1ccc(C2OCCCC2N)cc1OC. The summed E-state index contributed by atoms with van der Waals surface area (Å²) in [6, 6.07) is 5.87. The van der Waals surface area contributed by atoms with E-state index in [1.54, 1.807) is 14.2 Å². The maximum Gasteiger partial charge on any atom is 0.161 e. The minimum atomic E-state index is -0.0384. The predicted octanol–water partition coefficient (Wildman–Crippen LogP) is 1.88. The number of rotatable bonds is 3. The van der Waals surface area contributed by atoms with Crippen LogP contribution in [0.25, 0.3) is 0 Å². The summed E-state index contributed by atoms with van der Waals surface area (Å²) >= 11 is 0. The summed E-state index contributed by atoms with van der Waals surface area (Å²) in [5.74, 6) is 1.44. The standard InChI is InChI=1S/C13H19NO3/c1-15-11-6-5-9(8-12(11)16-2)13-10(14)4-3-7-17-13/h5-6,8,10,13H,3-4,7,14H2,1-2H3. The Kier molecular flexibility index (Phi) is 3.86. The van der Waals surface area contributed by atoms with Crippen molar-refractivity contribution in [2.24, 2.45) is 5.73 Å². The number of nitrogens with two attached hydrogens (primary N) is 1. The van der Waals surface area contributed by atoms with E-state index < -0.39 is 0 Å². The third kappa shape index (κ3) is 2.53. The summed E-state index contributed by atoms with van der Waals surface area (Å²) in [5, 5.41) is 0. The first-order valence-electron chi connectivity index (χ1n) is 5.85. The van der Waals surface area contributed by atoms with E-state index in [0.717, 1.165) is 30.8 Å². The highest BCUT2D eigenvalue weighted by molar-refractivity contribution is 5.43. The van der Waals surface area contributed by atoms with Crippen LogP contribution in [0.4, 0.5) is 0 Å². The molecule has 0 spiro atoms. The van der Waals surface area contributed by atoms with Gasteiger partial charge in [0.05, 0.1) is 20.3 Å². The van der Waals surface area contributed by atoms with Crippen molar-refractivity contribution in [3.63, 3.8) is 0 Å². The van der Waals surface area contributed by atoms with E-state index in [0.29, 0.717) is 5.75 Å². The summed E-state index contributed by atoms with van der Waals surface area (Å²) in [4.78, 5) is 0. The Morgan fingerprint density at radius 1 is 1.24 bits per heavy atom. The second kappa shape index (κ2) is 5.38. The Morgan fingerprint density at radius 2 is 2.00 bits per heavy atom. The molecule has 1 heterocycles. The van der Waals surface area contributed by atoms with Crippen LogP contribution in [0.3, 0.4) is 0 Å². The van der Waals surface area contributed by atoms with Crippen molar-refractivity contribution < 1.29 is 14.2 Å². The van der Waals surface area contributed by atoms with Crippen LogP contribution in [0.1, 0.15) is 24.5 Å². The van der Waals surface area contributed by atoms with Gasteiger partial charge in [0.25, 0.3) is 0 Å². The van der Waals surface area contributed by atoms with Crippen LogP contribution in [0, 0.1) is 0 Å². The highest BCUT2D eigenvalue weighted by atomic mass is 16.5. The highest BCUT2D eigenvalue weighted by Crippen LogP contribution is 2.34. The monoisotopic (exact) mass is 237 g/mol. The van der Waals surface area contributed by atoms with Gasteiger partial charge in [-0.05, 0) is 30.5 Å². The molecule has 2 N–H and O–H groups in total. The van der Waals surface area contributed by atoms with E-state index in [-0.39, 0.29) is 12.1 Å². The van der Waals surface area contributed by atoms with Crippen molar-refractivity contribution in [3.05, 3.63) is 23.8 Å². The third-order valence-corrected chi connectivity index (χ3v) is 3.10. The molecule has 4 nitrogen and oxygen atoms in total. The lowest BCUT2D eigenvalue weighted by molar-refractivity contribution is 0.0000153. The van der Waals surface area contributed by atoms with Crippen LogP contribution in [-0.4, -0.2) is 26.9 Å². The fourth-order valence-corrected chi connectivity index (χ4v) is 2.18. The number of benzene rings is 1. The summed E-state index contributed by atoms with van der Waals surface area (Å²) in [5.41, 5.74) is 7.13. The molecular formula is C13H19NO3. The molecule has 1 saturated heterocycles. The molecular weight excluding hydrogens is 218 g/mol. The van der Waals surface area contributed by atoms with Gasteiger partial charge in [-0.3, -0.25) is 0 Å². The van der Waals surface area contributed by atoms with Gasteiger partial charge in [-0.1, -0.05) is 6.07 Å². The summed E-state index contributed by atoms with van der Waals surface area (Å²) < 4.78 is 16.2. The van der Waals surface area contributed by atoms with Gasteiger partial charge < -0.3 is 19.9 Å². The van der Waals surface area contributed by atoms with Crippen molar-refractivity contribution in [2.75, 3.05) is 20.8 Å². The summed E-state index contributed by atoms with van der Waals surface area (Å²) in [6.07, 6.45) is 1.99. The number of hydrogen-bond donors (Lipinski definition) is 1.